The summed E-state index contributed by atoms with van der Waals surface area (Å²) in [5.41, 5.74) is 1.27. The lowest BCUT2D eigenvalue weighted by atomic mass is 9.94. The molecule has 0 bridgehead atoms. The number of hydrogen-bond donors (Lipinski definition) is 3. The van der Waals surface area contributed by atoms with Crippen LogP contribution >= 0.6 is 11.3 Å². The maximum Gasteiger partial charge on any atom is 0.281 e. The van der Waals surface area contributed by atoms with Crippen molar-refractivity contribution in [3.8, 4) is 0 Å². The molecule has 0 aliphatic carbocycles. The van der Waals surface area contributed by atoms with Gasteiger partial charge in [-0.25, -0.2) is 4.98 Å². The predicted octanol–water partition coefficient (Wildman–Crippen LogP) is 3.33. The van der Waals surface area contributed by atoms with Crippen molar-refractivity contribution in [2.75, 3.05) is 5.32 Å². The molecule has 0 aliphatic rings. The Balaban J connectivity index is 1.54. The lowest BCUT2D eigenvalue weighted by Crippen LogP contribution is -2.40. The van der Waals surface area contributed by atoms with Crippen molar-refractivity contribution in [1.29, 1.82) is 0 Å². The molecule has 1 aromatic carbocycles. The number of H-pyrrole nitrogens is 1. The molecule has 2 amide bonds. The molecule has 3 heterocycles. The molecule has 0 saturated carbocycles. The number of hydrogen-bond acceptors (Lipinski definition) is 6. The largest absolute Gasteiger partial charge is 0.341 e. The third kappa shape index (κ3) is 3.85. The number of pyridine rings is 1. The Kier molecular flexibility index (Phi) is 4.81. The van der Waals surface area contributed by atoms with Gasteiger partial charge in [-0.2, -0.15) is 5.10 Å². The van der Waals surface area contributed by atoms with E-state index in [1.165, 1.54) is 17.5 Å². The van der Waals surface area contributed by atoms with Crippen molar-refractivity contribution in [1.82, 2.24) is 25.5 Å². The summed E-state index contributed by atoms with van der Waals surface area (Å²) in [6, 6.07) is 13.0. The van der Waals surface area contributed by atoms with Crippen molar-refractivity contribution in [3.05, 3.63) is 71.0 Å². The standard InChI is InChI=1S/C20H18N6O2S/c1-20(2,13-8-4-3-5-9-13)24-17(28)19-22-14-15(25-26-18(14)29-19)23-16(27)12-7-6-10-21-11-12/h3-11H,1-2H3,(H,24,28)(H2,23,25,26,27). The molecule has 4 aromatic rings. The van der Waals surface area contributed by atoms with Crippen LogP contribution in [-0.2, 0) is 5.54 Å². The van der Waals surface area contributed by atoms with Crippen molar-refractivity contribution in [3.63, 3.8) is 0 Å². The van der Waals surface area contributed by atoms with E-state index in [0.29, 0.717) is 15.9 Å². The van der Waals surface area contributed by atoms with E-state index in [2.05, 4.69) is 30.8 Å². The normalized spacial score (nSPS) is 11.4. The van der Waals surface area contributed by atoms with E-state index in [9.17, 15) is 9.59 Å². The van der Waals surface area contributed by atoms with Gasteiger partial charge in [0.25, 0.3) is 11.8 Å². The summed E-state index contributed by atoms with van der Waals surface area (Å²) in [5.74, 6) is -0.375. The molecule has 146 valence electrons. The molecule has 8 nitrogen and oxygen atoms in total. The molecular formula is C20H18N6O2S. The zero-order valence-corrected chi connectivity index (χ0v) is 16.6. The summed E-state index contributed by atoms with van der Waals surface area (Å²) in [4.78, 5) is 34.0. The van der Waals surface area contributed by atoms with E-state index in [1.807, 2.05) is 44.2 Å². The van der Waals surface area contributed by atoms with Crippen LogP contribution in [0.5, 0.6) is 0 Å². The number of aromatic amines is 1. The third-order valence-corrected chi connectivity index (χ3v) is 5.35. The van der Waals surface area contributed by atoms with Crippen LogP contribution in [0.1, 0.15) is 39.6 Å². The Morgan fingerprint density at radius 2 is 1.86 bits per heavy atom. The Morgan fingerprint density at radius 3 is 2.59 bits per heavy atom. The van der Waals surface area contributed by atoms with Crippen LogP contribution in [0.25, 0.3) is 10.3 Å². The summed E-state index contributed by atoms with van der Waals surface area (Å²) in [7, 11) is 0. The second-order valence-electron chi connectivity index (χ2n) is 6.91. The first-order chi connectivity index (χ1) is 13.9. The van der Waals surface area contributed by atoms with Crippen LogP contribution in [0.3, 0.4) is 0 Å². The van der Waals surface area contributed by atoms with E-state index in [1.54, 1.807) is 18.3 Å². The van der Waals surface area contributed by atoms with Gasteiger partial charge in [-0.05, 0) is 31.5 Å². The van der Waals surface area contributed by atoms with Gasteiger partial charge < -0.3 is 10.6 Å². The van der Waals surface area contributed by atoms with Gasteiger partial charge in [0.2, 0.25) is 0 Å². The quantitative estimate of drug-likeness (QED) is 0.471. The number of aromatic nitrogens is 4. The average Bonchev–Trinajstić information content (AvgIpc) is 3.31. The summed E-state index contributed by atoms with van der Waals surface area (Å²) in [6.45, 7) is 3.86. The monoisotopic (exact) mass is 406 g/mol. The summed E-state index contributed by atoms with van der Waals surface area (Å²) in [5, 5.41) is 12.9. The number of amides is 2. The van der Waals surface area contributed by atoms with Gasteiger partial charge in [0.15, 0.2) is 10.8 Å². The number of benzene rings is 1. The van der Waals surface area contributed by atoms with Gasteiger partial charge in [-0.1, -0.05) is 41.7 Å². The van der Waals surface area contributed by atoms with Crippen LogP contribution in [0.4, 0.5) is 5.82 Å². The van der Waals surface area contributed by atoms with Crippen molar-refractivity contribution < 1.29 is 9.59 Å². The Labute approximate surface area is 170 Å². The molecule has 0 atom stereocenters. The van der Waals surface area contributed by atoms with E-state index in [0.717, 1.165) is 5.56 Å². The van der Waals surface area contributed by atoms with Gasteiger partial charge in [0, 0.05) is 12.4 Å². The smallest absolute Gasteiger partial charge is 0.281 e. The Morgan fingerprint density at radius 1 is 1.07 bits per heavy atom. The first-order valence-electron chi connectivity index (χ1n) is 8.88. The molecular weight excluding hydrogens is 388 g/mol. The van der Waals surface area contributed by atoms with Crippen molar-refractivity contribution in [2.24, 2.45) is 0 Å². The van der Waals surface area contributed by atoms with Crippen LogP contribution < -0.4 is 10.6 Å². The molecule has 9 heteroatoms. The molecule has 0 spiro atoms. The van der Waals surface area contributed by atoms with Crippen molar-refractivity contribution >= 4 is 39.3 Å². The molecule has 4 rings (SSSR count). The van der Waals surface area contributed by atoms with Crippen LogP contribution in [-0.4, -0.2) is 32.0 Å². The highest BCUT2D eigenvalue weighted by molar-refractivity contribution is 7.20. The van der Waals surface area contributed by atoms with E-state index < -0.39 is 5.54 Å². The average molecular weight is 406 g/mol. The first-order valence-corrected chi connectivity index (χ1v) is 9.70. The fraction of sp³-hybridized carbons (Fsp3) is 0.150. The summed E-state index contributed by atoms with van der Waals surface area (Å²) < 4.78 is 0. The number of thiazole rings is 1. The SMILES string of the molecule is CC(C)(NC(=O)c1nc2c(NC(=O)c3cccnc3)n[nH]c2s1)c1ccccc1. The van der Waals surface area contributed by atoms with E-state index >= 15 is 0 Å². The minimum absolute atomic E-state index is 0.270. The van der Waals surface area contributed by atoms with Gasteiger partial charge in [0.05, 0.1) is 11.1 Å². The first kappa shape index (κ1) is 18.8. The number of nitrogens with one attached hydrogen (secondary N) is 3. The predicted molar refractivity (Wildman–Crippen MR) is 111 cm³/mol. The van der Waals surface area contributed by atoms with Crippen molar-refractivity contribution in [2.45, 2.75) is 19.4 Å². The number of carbonyl (C=O) groups is 2. The molecule has 0 saturated heterocycles. The van der Waals surface area contributed by atoms with E-state index in [-0.39, 0.29) is 22.6 Å². The molecule has 3 N–H and O–H groups in total. The Hall–Kier alpha value is -3.59. The fourth-order valence-electron chi connectivity index (χ4n) is 2.84. The minimum Gasteiger partial charge on any atom is -0.341 e. The topological polar surface area (TPSA) is 113 Å². The van der Waals surface area contributed by atoms with Gasteiger partial charge in [0.1, 0.15) is 10.3 Å². The second kappa shape index (κ2) is 7.44. The number of rotatable bonds is 5. The highest BCUT2D eigenvalue weighted by Gasteiger charge is 2.26. The highest BCUT2D eigenvalue weighted by Crippen LogP contribution is 2.27. The molecule has 0 aliphatic heterocycles. The minimum atomic E-state index is -0.562. The van der Waals surface area contributed by atoms with Gasteiger partial charge in [-0.15, -0.1) is 0 Å². The van der Waals surface area contributed by atoms with Crippen LogP contribution in [0, 0.1) is 0 Å². The van der Waals surface area contributed by atoms with Crippen LogP contribution in [0.2, 0.25) is 0 Å². The maximum absolute atomic E-state index is 12.8. The zero-order chi connectivity index (χ0) is 20.4. The maximum atomic E-state index is 12.8. The lowest BCUT2D eigenvalue weighted by molar-refractivity contribution is 0.0911. The summed E-state index contributed by atoms with van der Waals surface area (Å²) in [6.07, 6.45) is 3.05. The molecule has 0 fully saturated rings. The zero-order valence-electron chi connectivity index (χ0n) is 15.8. The number of fused-ring (bicyclic) bond motifs is 1. The number of carbonyl (C=O) groups excluding carboxylic acids is 2. The highest BCUT2D eigenvalue weighted by atomic mass is 32.1. The Bertz CT molecular complexity index is 1170. The fourth-order valence-corrected chi connectivity index (χ4v) is 3.65. The van der Waals surface area contributed by atoms with Gasteiger partial charge in [-0.3, -0.25) is 19.7 Å². The summed E-state index contributed by atoms with van der Waals surface area (Å²) >= 11 is 1.18. The second-order valence-corrected chi connectivity index (χ2v) is 7.91. The molecule has 0 radical (unpaired) electrons. The van der Waals surface area contributed by atoms with E-state index in [4.69, 9.17) is 0 Å². The number of nitrogens with zero attached hydrogens (tertiary/aromatic N) is 3. The van der Waals surface area contributed by atoms with Crippen LogP contribution in [0.15, 0.2) is 54.9 Å². The molecule has 0 unspecified atom stereocenters. The molecule has 3 aromatic heterocycles. The molecule has 29 heavy (non-hydrogen) atoms. The lowest BCUT2D eigenvalue weighted by Gasteiger charge is -2.26. The third-order valence-electron chi connectivity index (χ3n) is 4.39. The van der Waals surface area contributed by atoms with Gasteiger partial charge >= 0.3 is 0 Å². The number of anilines is 1.